The minimum atomic E-state index is -0.752. The van der Waals surface area contributed by atoms with Gasteiger partial charge in [-0.2, -0.15) is 0 Å². The molecule has 0 heterocycles. The average molecular weight is 369 g/mol. The molecule has 0 amide bonds. The van der Waals surface area contributed by atoms with Crippen molar-refractivity contribution in [1.82, 2.24) is 0 Å². The first-order valence-electron chi connectivity index (χ1n) is 10.2. The van der Waals surface area contributed by atoms with Gasteiger partial charge in [0.05, 0.1) is 6.61 Å². The molecule has 0 aromatic rings. The third-order valence-electron chi connectivity index (χ3n) is 4.20. The fraction of sp³-hybridized carbons (Fsp3) is 0.727. The maximum Gasteiger partial charge on any atom is 0.331 e. The van der Waals surface area contributed by atoms with E-state index in [4.69, 9.17) is 9.84 Å². The summed E-state index contributed by atoms with van der Waals surface area (Å²) in [6.45, 7) is 12.3. The quantitative estimate of drug-likeness (QED) is 0.222. The molecule has 4 heteroatoms. The smallest absolute Gasteiger partial charge is 0.331 e. The summed E-state index contributed by atoms with van der Waals surface area (Å²) in [6, 6.07) is 0. The predicted octanol–water partition coefficient (Wildman–Crippen LogP) is 6.31. The summed E-state index contributed by atoms with van der Waals surface area (Å²) in [7, 11) is 0. The minimum absolute atomic E-state index is 0.310. The van der Waals surface area contributed by atoms with E-state index in [0.717, 1.165) is 38.5 Å². The number of aliphatic carboxylic acids is 1. The van der Waals surface area contributed by atoms with Crippen LogP contribution in [-0.2, 0) is 14.3 Å². The van der Waals surface area contributed by atoms with E-state index in [-0.39, 0.29) is 5.97 Å². The average Bonchev–Trinajstić information content (AvgIpc) is 2.64. The highest BCUT2D eigenvalue weighted by Crippen LogP contribution is 2.13. The molecule has 1 atom stereocenters. The van der Waals surface area contributed by atoms with Crippen LogP contribution in [0.5, 0.6) is 0 Å². The molecule has 1 unspecified atom stereocenters. The van der Waals surface area contributed by atoms with Crippen LogP contribution in [0.15, 0.2) is 24.3 Å². The Labute approximate surface area is 160 Å². The van der Waals surface area contributed by atoms with Gasteiger partial charge in [0.2, 0.25) is 0 Å². The van der Waals surface area contributed by atoms with Crippen molar-refractivity contribution in [3.05, 3.63) is 24.3 Å². The monoisotopic (exact) mass is 368 g/mol. The Balaban J connectivity index is 0. The zero-order chi connectivity index (χ0) is 20.2. The lowest BCUT2D eigenvalue weighted by Gasteiger charge is -2.13. The summed E-state index contributed by atoms with van der Waals surface area (Å²) in [6.07, 6.45) is 13.8. The topological polar surface area (TPSA) is 63.6 Å². The SMILES string of the molecule is C=CC(=O)OCC(CC)CCCC.CCC=C(CCCCCC)C(=O)O. The van der Waals surface area contributed by atoms with E-state index in [2.05, 4.69) is 27.4 Å². The van der Waals surface area contributed by atoms with E-state index in [9.17, 15) is 9.59 Å². The van der Waals surface area contributed by atoms with E-state index in [0.29, 0.717) is 18.1 Å². The van der Waals surface area contributed by atoms with Crippen LogP contribution in [0.25, 0.3) is 0 Å². The van der Waals surface area contributed by atoms with Crippen molar-refractivity contribution in [2.45, 2.75) is 91.9 Å². The van der Waals surface area contributed by atoms with Gasteiger partial charge in [-0.3, -0.25) is 0 Å². The Morgan fingerprint density at radius 2 is 1.69 bits per heavy atom. The van der Waals surface area contributed by atoms with E-state index in [1.54, 1.807) is 0 Å². The Hall–Kier alpha value is -1.58. The molecule has 0 aromatic heterocycles. The molecule has 0 spiro atoms. The molecule has 26 heavy (non-hydrogen) atoms. The molecule has 0 aromatic carbocycles. The van der Waals surface area contributed by atoms with Gasteiger partial charge in [0.1, 0.15) is 0 Å². The van der Waals surface area contributed by atoms with E-state index in [1.165, 1.54) is 31.8 Å². The van der Waals surface area contributed by atoms with Crippen molar-refractivity contribution >= 4 is 11.9 Å². The van der Waals surface area contributed by atoms with Crippen LogP contribution in [0.4, 0.5) is 0 Å². The van der Waals surface area contributed by atoms with Gasteiger partial charge in [-0.15, -0.1) is 0 Å². The number of unbranched alkanes of at least 4 members (excludes halogenated alkanes) is 4. The third kappa shape index (κ3) is 17.2. The van der Waals surface area contributed by atoms with Crippen molar-refractivity contribution in [3.8, 4) is 0 Å². The molecule has 1 N–H and O–H groups in total. The number of esters is 1. The summed E-state index contributed by atoms with van der Waals surface area (Å²) in [5.41, 5.74) is 0.582. The Kier molecular flexibility index (Phi) is 20.2. The molecular weight excluding hydrogens is 328 g/mol. The second-order valence-electron chi connectivity index (χ2n) is 6.50. The number of carbonyl (C=O) groups excluding carboxylic acids is 1. The van der Waals surface area contributed by atoms with Gasteiger partial charge in [0.15, 0.2) is 0 Å². The Morgan fingerprint density at radius 3 is 2.15 bits per heavy atom. The van der Waals surface area contributed by atoms with Crippen LogP contribution in [0.2, 0.25) is 0 Å². The van der Waals surface area contributed by atoms with Crippen molar-refractivity contribution in [2.24, 2.45) is 5.92 Å². The van der Waals surface area contributed by atoms with Gasteiger partial charge in [0, 0.05) is 11.6 Å². The van der Waals surface area contributed by atoms with Crippen LogP contribution in [-0.4, -0.2) is 23.7 Å². The van der Waals surface area contributed by atoms with Crippen LogP contribution in [0.1, 0.15) is 91.9 Å². The molecule has 0 bridgehead atoms. The number of hydrogen-bond donors (Lipinski definition) is 1. The number of carboxylic acids is 1. The van der Waals surface area contributed by atoms with Gasteiger partial charge in [-0.25, -0.2) is 9.59 Å². The summed E-state index contributed by atoms with van der Waals surface area (Å²) in [4.78, 5) is 21.5. The molecule has 4 nitrogen and oxygen atoms in total. The molecule has 0 aliphatic heterocycles. The largest absolute Gasteiger partial charge is 0.478 e. The van der Waals surface area contributed by atoms with E-state index in [1.807, 2.05) is 13.0 Å². The van der Waals surface area contributed by atoms with E-state index >= 15 is 0 Å². The van der Waals surface area contributed by atoms with E-state index < -0.39 is 5.97 Å². The zero-order valence-electron chi connectivity index (χ0n) is 17.4. The zero-order valence-corrected chi connectivity index (χ0v) is 17.4. The molecule has 0 saturated heterocycles. The van der Waals surface area contributed by atoms with Crippen LogP contribution >= 0.6 is 0 Å². The highest BCUT2D eigenvalue weighted by atomic mass is 16.5. The Morgan fingerprint density at radius 1 is 1.04 bits per heavy atom. The van der Waals surface area contributed by atoms with Gasteiger partial charge < -0.3 is 9.84 Å². The van der Waals surface area contributed by atoms with Gasteiger partial charge in [0.25, 0.3) is 0 Å². The van der Waals surface area contributed by atoms with Crippen molar-refractivity contribution < 1.29 is 19.4 Å². The number of carboxylic acid groups (broad SMARTS) is 1. The summed E-state index contributed by atoms with van der Waals surface area (Å²) < 4.78 is 4.98. The number of allylic oxidation sites excluding steroid dienone is 1. The van der Waals surface area contributed by atoms with Crippen LogP contribution < -0.4 is 0 Å². The standard InChI is InChI=1S/2C11H20O2/c1-4-7-8-10(5-2)9-13-11(12)6-3;1-3-5-6-7-9-10(8-4-2)11(12)13/h6,10H,3-5,7-9H2,1-2H3;8H,3-7,9H2,1-2H3,(H,12,13). The molecule has 0 aliphatic rings. The van der Waals surface area contributed by atoms with Crippen molar-refractivity contribution in [3.63, 3.8) is 0 Å². The lowest BCUT2D eigenvalue weighted by molar-refractivity contribution is -0.139. The minimum Gasteiger partial charge on any atom is -0.478 e. The normalized spacial score (nSPS) is 11.9. The van der Waals surface area contributed by atoms with Gasteiger partial charge in [-0.05, 0) is 31.6 Å². The third-order valence-corrected chi connectivity index (χ3v) is 4.20. The Bertz CT molecular complexity index is 399. The molecule has 152 valence electrons. The fourth-order valence-corrected chi connectivity index (χ4v) is 2.44. The molecule has 0 saturated carbocycles. The van der Waals surface area contributed by atoms with Crippen molar-refractivity contribution in [2.75, 3.05) is 6.61 Å². The maximum atomic E-state index is 10.8. The first kappa shape index (κ1) is 26.6. The number of hydrogen-bond acceptors (Lipinski definition) is 3. The van der Waals surface area contributed by atoms with Crippen molar-refractivity contribution in [1.29, 1.82) is 0 Å². The highest BCUT2D eigenvalue weighted by molar-refractivity contribution is 5.86. The lowest BCUT2D eigenvalue weighted by Crippen LogP contribution is -2.12. The van der Waals surface area contributed by atoms with Crippen LogP contribution in [0.3, 0.4) is 0 Å². The molecule has 0 fully saturated rings. The highest BCUT2D eigenvalue weighted by Gasteiger charge is 2.07. The summed E-state index contributed by atoms with van der Waals surface area (Å²) in [5, 5.41) is 8.79. The number of ether oxygens (including phenoxy) is 1. The predicted molar refractivity (Wildman–Crippen MR) is 109 cm³/mol. The molecular formula is C22H40O4. The fourth-order valence-electron chi connectivity index (χ4n) is 2.44. The number of carbonyl (C=O) groups is 2. The molecule has 0 rings (SSSR count). The number of rotatable bonds is 14. The molecule has 0 aliphatic carbocycles. The van der Waals surface area contributed by atoms with Crippen LogP contribution in [0, 0.1) is 5.92 Å². The second-order valence-corrected chi connectivity index (χ2v) is 6.50. The molecule has 0 radical (unpaired) electrons. The van der Waals surface area contributed by atoms with Gasteiger partial charge >= 0.3 is 11.9 Å². The lowest BCUT2D eigenvalue weighted by atomic mass is 10.0. The van der Waals surface area contributed by atoms with Gasteiger partial charge in [-0.1, -0.05) is 78.9 Å². The summed E-state index contributed by atoms with van der Waals surface area (Å²) in [5.74, 6) is -0.544. The maximum absolute atomic E-state index is 10.8. The first-order valence-corrected chi connectivity index (χ1v) is 10.2. The summed E-state index contributed by atoms with van der Waals surface area (Å²) >= 11 is 0. The second kappa shape index (κ2) is 19.7. The first-order chi connectivity index (χ1) is 12.5.